The molecular formula is C20H29N3O3. The molecule has 6 nitrogen and oxygen atoms in total. The molecule has 6 heteroatoms. The number of hydrogen-bond donors (Lipinski definition) is 0. The molecule has 5 rings (SSSR count). The molecule has 26 heavy (non-hydrogen) atoms. The average molecular weight is 359 g/mol. The summed E-state index contributed by atoms with van der Waals surface area (Å²) in [6, 6.07) is 2.08. The lowest BCUT2D eigenvalue weighted by Crippen LogP contribution is -2.45. The summed E-state index contributed by atoms with van der Waals surface area (Å²) in [5.41, 5.74) is 1.14. The smallest absolute Gasteiger partial charge is 0.289 e. The Morgan fingerprint density at radius 3 is 2.73 bits per heavy atom. The predicted octanol–water partition coefficient (Wildman–Crippen LogP) is 2.13. The van der Waals surface area contributed by atoms with E-state index < -0.39 is 0 Å². The second-order valence-electron chi connectivity index (χ2n) is 7.98. The highest BCUT2D eigenvalue weighted by atomic mass is 16.4. The number of likely N-dealkylation sites (tertiary alicyclic amines) is 1. The lowest BCUT2D eigenvalue weighted by molar-refractivity contribution is -0.138. The quantitative estimate of drug-likeness (QED) is 0.826. The van der Waals surface area contributed by atoms with Crippen molar-refractivity contribution in [3.05, 3.63) is 23.2 Å². The molecule has 4 fully saturated rings. The molecule has 4 saturated heterocycles. The molecule has 0 radical (unpaired) electrons. The van der Waals surface area contributed by atoms with Crippen LogP contribution in [-0.2, 0) is 17.8 Å². The van der Waals surface area contributed by atoms with Gasteiger partial charge in [-0.15, -0.1) is 0 Å². The summed E-state index contributed by atoms with van der Waals surface area (Å²) in [6.07, 6.45) is 5.17. The van der Waals surface area contributed by atoms with Crippen molar-refractivity contribution in [2.75, 3.05) is 33.2 Å². The lowest BCUT2D eigenvalue weighted by atomic mass is 9.95. The number of amides is 2. The van der Waals surface area contributed by atoms with Crippen molar-refractivity contribution in [1.82, 2.24) is 14.7 Å². The maximum absolute atomic E-state index is 13.1. The van der Waals surface area contributed by atoms with E-state index in [-0.39, 0.29) is 23.8 Å². The van der Waals surface area contributed by atoms with Crippen molar-refractivity contribution in [1.29, 1.82) is 0 Å². The van der Waals surface area contributed by atoms with Gasteiger partial charge < -0.3 is 14.2 Å². The number of carbonyl (C=O) groups is 2. The zero-order valence-corrected chi connectivity index (χ0v) is 15.9. The number of aryl methyl sites for hydroxylation is 1. The molecule has 0 aromatic carbocycles. The topological polar surface area (TPSA) is 57.0 Å². The van der Waals surface area contributed by atoms with Crippen LogP contribution in [0.4, 0.5) is 0 Å². The van der Waals surface area contributed by atoms with Crippen molar-refractivity contribution in [2.24, 2.45) is 5.92 Å². The van der Waals surface area contributed by atoms with E-state index in [4.69, 9.17) is 4.42 Å². The maximum Gasteiger partial charge on any atom is 0.289 e. The van der Waals surface area contributed by atoms with Crippen LogP contribution in [0.2, 0.25) is 0 Å². The first kappa shape index (κ1) is 17.6. The second-order valence-corrected chi connectivity index (χ2v) is 7.98. The molecule has 5 heterocycles. The van der Waals surface area contributed by atoms with E-state index >= 15 is 0 Å². The lowest BCUT2D eigenvalue weighted by Gasteiger charge is -2.32. The molecule has 0 saturated carbocycles. The summed E-state index contributed by atoms with van der Waals surface area (Å²) in [5, 5.41) is 0. The van der Waals surface area contributed by atoms with Crippen molar-refractivity contribution in [2.45, 2.75) is 51.6 Å². The first-order valence-corrected chi connectivity index (χ1v) is 9.96. The molecule has 1 aromatic rings. The minimum atomic E-state index is -0.0626. The first-order valence-electron chi connectivity index (χ1n) is 9.96. The van der Waals surface area contributed by atoms with Gasteiger partial charge in [0.15, 0.2) is 5.76 Å². The van der Waals surface area contributed by atoms with Gasteiger partial charge in [-0.3, -0.25) is 14.5 Å². The summed E-state index contributed by atoms with van der Waals surface area (Å²) in [5.74, 6) is 1.42. The fourth-order valence-electron chi connectivity index (χ4n) is 4.66. The largest absolute Gasteiger partial charge is 0.456 e. The summed E-state index contributed by atoms with van der Waals surface area (Å²) < 4.78 is 5.96. The first-order chi connectivity index (χ1) is 12.6. The molecule has 0 spiro atoms. The summed E-state index contributed by atoms with van der Waals surface area (Å²) in [7, 11) is 1.86. The van der Waals surface area contributed by atoms with E-state index in [0.29, 0.717) is 18.8 Å². The fourth-order valence-corrected chi connectivity index (χ4v) is 4.66. The molecule has 4 aliphatic heterocycles. The Bertz CT molecular complexity index is 692. The van der Waals surface area contributed by atoms with E-state index in [2.05, 4.69) is 11.8 Å². The van der Waals surface area contributed by atoms with E-state index in [1.165, 1.54) is 12.8 Å². The van der Waals surface area contributed by atoms with Crippen LogP contribution in [0.5, 0.6) is 0 Å². The number of rotatable bonds is 4. The zero-order valence-electron chi connectivity index (χ0n) is 15.9. The van der Waals surface area contributed by atoms with Gasteiger partial charge in [-0.2, -0.15) is 0 Å². The van der Waals surface area contributed by atoms with Gasteiger partial charge in [0.1, 0.15) is 5.76 Å². The number of nitrogens with zero attached hydrogens (tertiary/aromatic N) is 3. The molecule has 0 aliphatic carbocycles. The Balaban J connectivity index is 1.52. The van der Waals surface area contributed by atoms with Crippen LogP contribution in [0.15, 0.2) is 10.5 Å². The minimum Gasteiger partial charge on any atom is -0.456 e. The van der Waals surface area contributed by atoms with Crippen LogP contribution in [0.25, 0.3) is 0 Å². The number of hydrogen-bond acceptors (Lipinski definition) is 4. The van der Waals surface area contributed by atoms with Crippen molar-refractivity contribution < 1.29 is 14.0 Å². The van der Waals surface area contributed by atoms with Gasteiger partial charge in [0.2, 0.25) is 5.91 Å². The Labute approximate surface area is 155 Å². The molecule has 4 aliphatic rings. The van der Waals surface area contributed by atoms with Gasteiger partial charge in [0.25, 0.3) is 5.91 Å². The number of fused-ring (bicyclic) bond motifs is 4. The summed E-state index contributed by atoms with van der Waals surface area (Å²) in [4.78, 5) is 31.6. The van der Waals surface area contributed by atoms with Crippen molar-refractivity contribution >= 4 is 11.8 Å². The normalized spacial score (nSPS) is 26.6. The SMILES string of the molecule is CCc1oc(C(=O)N2C[C@H]3CC[C@@H](C2)N(C)C3=O)cc1CN1CCCC1. The summed E-state index contributed by atoms with van der Waals surface area (Å²) in [6.45, 7) is 6.32. The number of piperidine rings is 1. The van der Waals surface area contributed by atoms with Gasteiger partial charge in [-0.05, 0) is 44.8 Å². The van der Waals surface area contributed by atoms with Gasteiger partial charge in [-0.25, -0.2) is 0 Å². The highest BCUT2D eigenvalue weighted by Gasteiger charge is 2.40. The number of likely N-dealkylation sites (N-methyl/N-ethyl adjacent to an activating group) is 1. The Hall–Kier alpha value is -1.82. The van der Waals surface area contributed by atoms with Crippen molar-refractivity contribution in [3.63, 3.8) is 0 Å². The predicted molar refractivity (Wildman–Crippen MR) is 97.8 cm³/mol. The minimum absolute atomic E-state index is 0.0626. The van der Waals surface area contributed by atoms with Crippen molar-refractivity contribution in [3.8, 4) is 0 Å². The monoisotopic (exact) mass is 359 g/mol. The molecule has 0 N–H and O–H groups in total. The third kappa shape index (κ3) is 3.15. The third-order valence-electron chi connectivity index (χ3n) is 6.27. The molecule has 2 bridgehead atoms. The van der Waals surface area contributed by atoms with Crippen LogP contribution >= 0.6 is 0 Å². The standard InChI is InChI=1S/C20H29N3O3/c1-3-17-15(11-22-8-4-5-9-22)10-18(26-17)20(25)23-12-14-6-7-16(13-23)21(2)19(14)24/h10,14,16H,3-9,11-13H2,1-2H3/t14-,16+/m1/s1. The van der Waals surface area contributed by atoms with Gasteiger partial charge in [0.05, 0.1) is 5.92 Å². The van der Waals surface area contributed by atoms with Gasteiger partial charge in [-0.1, -0.05) is 6.92 Å². The number of carbonyl (C=O) groups excluding carboxylic acids is 2. The summed E-state index contributed by atoms with van der Waals surface area (Å²) >= 11 is 0. The van der Waals surface area contributed by atoms with E-state index in [9.17, 15) is 9.59 Å². The van der Waals surface area contributed by atoms with Crippen LogP contribution in [-0.4, -0.2) is 65.8 Å². The van der Waals surface area contributed by atoms with Gasteiger partial charge in [0, 0.05) is 44.7 Å². The molecule has 1 aromatic heterocycles. The van der Waals surface area contributed by atoms with E-state index in [0.717, 1.165) is 50.2 Å². The van der Waals surface area contributed by atoms with Crippen LogP contribution in [0.3, 0.4) is 0 Å². The molecule has 2 amide bonds. The highest BCUT2D eigenvalue weighted by Crippen LogP contribution is 2.29. The number of furan rings is 1. The maximum atomic E-state index is 13.1. The van der Waals surface area contributed by atoms with E-state index in [1.807, 2.05) is 22.9 Å². The highest BCUT2D eigenvalue weighted by molar-refractivity contribution is 5.93. The second kappa shape index (κ2) is 7.06. The average Bonchev–Trinajstić information content (AvgIpc) is 3.21. The molecule has 0 unspecified atom stereocenters. The van der Waals surface area contributed by atoms with E-state index in [1.54, 1.807) is 0 Å². The molecular weight excluding hydrogens is 330 g/mol. The molecule has 2 atom stereocenters. The zero-order chi connectivity index (χ0) is 18.3. The van der Waals surface area contributed by atoms with Crippen LogP contribution in [0.1, 0.15) is 54.5 Å². The molecule has 142 valence electrons. The Morgan fingerprint density at radius 2 is 2.00 bits per heavy atom. The third-order valence-corrected chi connectivity index (χ3v) is 6.27. The fraction of sp³-hybridized carbons (Fsp3) is 0.700. The van der Waals surface area contributed by atoms with Crippen LogP contribution < -0.4 is 0 Å². The Morgan fingerprint density at radius 1 is 1.23 bits per heavy atom. The van der Waals surface area contributed by atoms with Crippen LogP contribution in [0, 0.1) is 5.92 Å². The van der Waals surface area contributed by atoms with Gasteiger partial charge >= 0.3 is 0 Å². The Kier molecular flexibility index (Phi) is 4.78.